The summed E-state index contributed by atoms with van der Waals surface area (Å²) in [6.45, 7) is 13.7. The molecule has 6 aromatic heterocycles. The highest BCUT2D eigenvalue weighted by Crippen LogP contribution is 2.30. The number of pyridine rings is 2. The molecule has 19 nitrogen and oxygen atoms in total. The van der Waals surface area contributed by atoms with Crippen LogP contribution in [0.4, 0.5) is 20.7 Å². The number of likely N-dealkylation sites (tertiary alicyclic amines) is 2. The first-order valence-electron chi connectivity index (χ1n) is 20.9. The standard InChI is InChI=1S/C21H24FN7O2S.C19H19FN6O3S.C2H7N/c1-4-24-19(30)13-5-6-29(10-13)20(31)16-17-18(26-12(3)32-17)28-21(27-16)25-11(2)14-7-15(22)9-23-8-14;1-9(12-5-13(20)7-21-6-12)22-19-24-14(15-16(25-19)23-10(2)30-15)17(27)26-4-3-11(8-26)18(28)29;1-2-3/h7-9,11,13H,4-6,10H2,1-3H3,(H,24,30)(H,25,27,28);5-7,9,11H,3-4,8H2,1-2H3,(H,28,29)(H,22,24,25);2-3H2,1H3/t11-,13?;9-,11?;/m00./s1. The lowest BCUT2D eigenvalue weighted by Crippen LogP contribution is -2.34. The highest BCUT2D eigenvalue weighted by atomic mass is 32.1. The van der Waals surface area contributed by atoms with E-state index >= 15 is 0 Å². The van der Waals surface area contributed by atoms with Gasteiger partial charge in [-0.15, -0.1) is 22.7 Å². The van der Waals surface area contributed by atoms with Crippen LogP contribution in [0, 0.1) is 37.3 Å². The lowest BCUT2D eigenvalue weighted by molar-refractivity contribution is -0.141. The van der Waals surface area contributed by atoms with Crippen molar-refractivity contribution >= 4 is 79.0 Å². The molecule has 23 heteroatoms. The molecule has 0 aromatic carbocycles. The smallest absolute Gasteiger partial charge is 0.308 e. The fourth-order valence-electron chi connectivity index (χ4n) is 7.08. The molecule has 3 amide bonds. The first kappa shape index (κ1) is 48.0. The molecule has 0 bridgehead atoms. The van der Waals surface area contributed by atoms with E-state index in [4.69, 9.17) is 5.73 Å². The van der Waals surface area contributed by atoms with Crippen LogP contribution in [0.15, 0.2) is 36.9 Å². The summed E-state index contributed by atoms with van der Waals surface area (Å²) in [5, 5.41) is 19.7. The van der Waals surface area contributed by atoms with Crippen molar-refractivity contribution in [2.45, 2.75) is 66.5 Å². The first-order chi connectivity index (χ1) is 31.1. The number of anilines is 2. The number of aryl methyl sites for hydroxylation is 2. The number of nitrogens with two attached hydrogens (primary N) is 1. The molecule has 4 atom stereocenters. The molecule has 6 N–H and O–H groups in total. The van der Waals surface area contributed by atoms with E-state index in [2.05, 4.69) is 55.8 Å². The number of nitrogens with zero attached hydrogens (tertiary/aromatic N) is 10. The minimum Gasteiger partial charge on any atom is -0.481 e. The number of hydrogen-bond acceptors (Lipinski definition) is 17. The number of carbonyl (C=O) groups is 4. The van der Waals surface area contributed by atoms with Crippen LogP contribution in [0.3, 0.4) is 0 Å². The van der Waals surface area contributed by atoms with E-state index in [9.17, 15) is 33.1 Å². The van der Waals surface area contributed by atoms with Gasteiger partial charge in [0.1, 0.15) is 21.0 Å². The van der Waals surface area contributed by atoms with E-state index in [-0.39, 0.29) is 65.6 Å². The molecule has 0 aliphatic carbocycles. The lowest BCUT2D eigenvalue weighted by Gasteiger charge is -2.18. The van der Waals surface area contributed by atoms with Crippen LogP contribution in [0.2, 0.25) is 0 Å². The van der Waals surface area contributed by atoms with Gasteiger partial charge >= 0.3 is 5.97 Å². The third-order valence-corrected chi connectivity index (χ3v) is 12.2. The molecule has 6 aromatic rings. The number of carboxylic acids is 1. The maximum Gasteiger partial charge on any atom is 0.308 e. The van der Waals surface area contributed by atoms with Crippen molar-refractivity contribution in [3.05, 3.63) is 81.1 Å². The number of thiazole rings is 2. The molecule has 2 unspecified atom stereocenters. The maximum atomic E-state index is 13.5. The van der Waals surface area contributed by atoms with Crippen LogP contribution in [-0.4, -0.2) is 118 Å². The molecular weight excluding hydrogens is 883 g/mol. The summed E-state index contributed by atoms with van der Waals surface area (Å²) in [4.78, 5) is 87.3. The largest absolute Gasteiger partial charge is 0.481 e. The third kappa shape index (κ3) is 11.8. The molecule has 8 rings (SSSR count). The van der Waals surface area contributed by atoms with Gasteiger partial charge in [-0.25, -0.2) is 28.7 Å². The molecule has 344 valence electrons. The summed E-state index contributed by atoms with van der Waals surface area (Å²) >= 11 is 2.67. The zero-order valence-corrected chi connectivity index (χ0v) is 38.3. The number of aromatic nitrogens is 8. The van der Waals surface area contributed by atoms with Crippen molar-refractivity contribution in [3.63, 3.8) is 0 Å². The van der Waals surface area contributed by atoms with Crippen LogP contribution < -0.4 is 21.7 Å². The molecule has 8 heterocycles. The molecule has 2 aliphatic rings. The van der Waals surface area contributed by atoms with E-state index < -0.39 is 23.5 Å². The fourth-order valence-corrected chi connectivity index (χ4v) is 8.76. The van der Waals surface area contributed by atoms with Crippen molar-refractivity contribution in [3.8, 4) is 0 Å². The summed E-state index contributed by atoms with van der Waals surface area (Å²) in [5.41, 5.74) is 7.33. The third-order valence-electron chi connectivity index (χ3n) is 10.3. The second-order valence-electron chi connectivity index (χ2n) is 15.3. The Morgan fingerprint density at radius 2 is 1.17 bits per heavy atom. The van der Waals surface area contributed by atoms with Gasteiger partial charge in [0.15, 0.2) is 22.7 Å². The summed E-state index contributed by atoms with van der Waals surface area (Å²) in [7, 11) is 0. The van der Waals surface area contributed by atoms with Crippen LogP contribution in [0.1, 0.15) is 94.7 Å². The fraction of sp³-hybridized carbons (Fsp3) is 0.429. The van der Waals surface area contributed by atoms with Gasteiger partial charge in [-0.3, -0.25) is 29.1 Å². The Bertz CT molecular complexity index is 2690. The SMILES string of the molecule is CCN.CCNC(=O)C1CCN(C(=O)c2nc(N[C@@H](C)c3cncc(F)c3)nc3nc(C)sc23)C1.Cc1nc2nc(N[C@@H](C)c3cncc(F)c3)nc(C(=O)N3CCC(C(=O)O)C3)c2s1. The lowest BCUT2D eigenvalue weighted by atomic mass is 10.1. The van der Waals surface area contributed by atoms with Gasteiger partial charge in [0.05, 0.1) is 46.3 Å². The topological polar surface area (TPSA) is 260 Å². The van der Waals surface area contributed by atoms with Gasteiger partial charge in [-0.1, -0.05) is 6.92 Å². The second-order valence-corrected chi connectivity index (χ2v) is 17.7. The van der Waals surface area contributed by atoms with Crippen molar-refractivity contribution < 1.29 is 33.1 Å². The maximum absolute atomic E-state index is 13.5. The van der Waals surface area contributed by atoms with Crippen molar-refractivity contribution in [1.29, 1.82) is 0 Å². The number of carbonyl (C=O) groups excluding carboxylic acids is 3. The highest BCUT2D eigenvalue weighted by molar-refractivity contribution is 7.19. The number of halogens is 2. The normalized spacial score (nSPS) is 16.6. The van der Waals surface area contributed by atoms with Gasteiger partial charge in [0, 0.05) is 45.1 Å². The Hall–Kier alpha value is -6.46. The summed E-state index contributed by atoms with van der Waals surface area (Å²) in [5.74, 6) is -2.83. The van der Waals surface area contributed by atoms with E-state index in [1.165, 1.54) is 45.9 Å². The zero-order chi connectivity index (χ0) is 46.9. The number of carboxylic acid groups (broad SMARTS) is 1. The van der Waals surface area contributed by atoms with E-state index in [1.54, 1.807) is 18.0 Å². The van der Waals surface area contributed by atoms with Gasteiger partial charge in [-0.05, 0) is 77.3 Å². The quantitative estimate of drug-likeness (QED) is 0.110. The van der Waals surface area contributed by atoms with Crippen molar-refractivity contribution in [2.75, 3.05) is 49.9 Å². The Labute approximate surface area is 380 Å². The predicted molar refractivity (Wildman–Crippen MR) is 241 cm³/mol. The summed E-state index contributed by atoms with van der Waals surface area (Å²) in [6, 6.07) is 2.04. The number of rotatable bonds is 11. The van der Waals surface area contributed by atoms with Crippen LogP contribution >= 0.6 is 22.7 Å². The number of fused-ring (bicyclic) bond motifs is 2. The molecule has 0 radical (unpaired) electrons. The Kier molecular flexibility index (Phi) is 15.9. The Morgan fingerprint density at radius 3 is 1.57 bits per heavy atom. The summed E-state index contributed by atoms with van der Waals surface area (Å²) in [6.07, 6.45) is 6.37. The van der Waals surface area contributed by atoms with Crippen molar-refractivity contribution in [1.82, 2.24) is 55.0 Å². The van der Waals surface area contributed by atoms with Crippen molar-refractivity contribution in [2.24, 2.45) is 17.6 Å². The number of amides is 3. The van der Waals surface area contributed by atoms with E-state index in [0.717, 1.165) is 29.0 Å². The minimum atomic E-state index is -0.911. The molecule has 0 spiro atoms. The average molecular weight is 933 g/mol. The van der Waals surface area contributed by atoms with Crippen LogP contribution in [0.5, 0.6) is 0 Å². The summed E-state index contributed by atoms with van der Waals surface area (Å²) < 4.78 is 28.2. The van der Waals surface area contributed by atoms with Gasteiger partial charge < -0.3 is 36.6 Å². The average Bonchev–Trinajstić information content (AvgIpc) is 4.10. The van der Waals surface area contributed by atoms with Crippen LogP contribution in [0.25, 0.3) is 20.7 Å². The van der Waals surface area contributed by atoms with E-state index in [1.807, 2.05) is 34.6 Å². The Morgan fingerprint density at radius 1 is 0.738 bits per heavy atom. The molecular formula is C42H50F2N14O5S2. The van der Waals surface area contributed by atoms with E-state index in [0.29, 0.717) is 70.8 Å². The molecule has 2 fully saturated rings. The number of nitrogens with one attached hydrogen (secondary N) is 3. The van der Waals surface area contributed by atoms with Gasteiger partial charge in [0.25, 0.3) is 11.8 Å². The van der Waals surface area contributed by atoms with Gasteiger partial charge in [0.2, 0.25) is 17.8 Å². The van der Waals surface area contributed by atoms with Crippen LogP contribution in [-0.2, 0) is 9.59 Å². The molecule has 2 saturated heterocycles. The first-order valence-corrected chi connectivity index (χ1v) is 22.6. The zero-order valence-electron chi connectivity index (χ0n) is 36.6. The number of hydrogen-bond donors (Lipinski definition) is 5. The monoisotopic (exact) mass is 932 g/mol. The second kappa shape index (κ2) is 21.5. The molecule has 0 saturated carbocycles. The molecule has 2 aliphatic heterocycles. The molecule has 65 heavy (non-hydrogen) atoms. The number of aliphatic carboxylic acids is 1. The Balaban J connectivity index is 0.000000204. The minimum absolute atomic E-state index is 0.0378. The highest BCUT2D eigenvalue weighted by Gasteiger charge is 2.35. The van der Waals surface area contributed by atoms with Gasteiger partial charge in [-0.2, -0.15) is 9.97 Å². The predicted octanol–water partition coefficient (Wildman–Crippen LogP) is 5.31.